The molecule has 2 unspecified atom stereocenters. The lowest BCUT2D eigenvalue weighted by atomic mass is 9.98. The predicted octanol–water partition coefficient (Wildman–Crippen LogP) is 2.97. The van der Waals surface area contributed by atoms with E-state index in [1.807, 2.05) is 31.2 Å². The third kappa shape index (κ3) is 3.94. The van der Waals surface area contributed by atoms with Crippen molar-refractivity contribution in [1.29, 1.82) is 0 Å². The van der Waals surface area contributed by atoms with Crippen LogP contribution in [0.15, 0.2) is 48.5 Å². The molecule has 7 heteroatoms. The molecule has 1 aliphatic carbocycles. The number of aliphatic hydroxyl groups is 2. The van der Waals surface area contributed by atoms with Crippen molar-refractivity contribution in [1.82, 2.24) is 15.1 Å². The van der Waals surface area contributed by atoms with Gasteiger partial charge in [-0.3, -0.25) is 4.68 Å². The highest BCUT2D eigenvalue weighted by molar-refractivity contribution is 5.79. The molecule has 1 aromatic heterocycles. The smallest absolute Gasteiger partial charge is 0.407 e. The quantitative estimate of drug-likeness (QED) is 0.569. The molecule has 7 nitrogen and oxygen atoms in total. The molecule has 4 rings (SSSR count). The van der Waals surface area contributed by atoms with E-state index in [-0.39, 0.29) is 19.1 Å². The molecule has 3 N–H and O–H groups in total. The zero-order valence-corrected chi connectivity index (χ0v) is 17.9. The van der Waals surface area contributed by atoms with Crippen molar-refractivity contribution in [3.05, 3.63) is 76.6 Å². The second-order valence-electron chi connectivity index (χ2n) is 7.93. The first-order chi connectivity index (χ1) is 14.9. The number of nitrogens with zero attached hydrogens (tertiary/aromatic N) is 2. The van der Waals surface area contributed by atoms with E-state index >= 15 is 0 Å². The lowest BCUT2D eigenvalue weighted by molar-refractivity contribution is 0.0178. The number of hydrogen-bond acceptors (Lipinski definition) is 5. The maximum atomic E-state index is 12.3. The molecule has 0 fully saturated rings. The second kappa shape index (κ2) is 8.53. The fraction of sp³-hybridized carbons (Fsp3) is 0.333. The summed E-state index contributed by atoms with van der Waals surface area (Å²) in [6.45, 7) is 3.66. The van der Waals surface area contributed by atoms with Crippen molar-refractivity contribution in [2.75, 3.05) is 13.2 Å². The zero-order valence-electron chi connectivity index (χ0n) is 17.9. The number of benzene rings is 2. The molecule has 0 radical (unpaired) electrons. The Kier molecular flexibility index (Phi) is 5.80. The summed E-state index contributed by atoms with van der Waals surface area (Å²) in [7, 11) is 1.78. The number of carbonyl (C=O) groups excluding carboxylic acids is 1. The van der Waals surface area contributed by atoms with Gasteiger partial charge >= 0.3 is 6.09 Å². The number of carbonyl (C=O) groups is 1. The Balaban J connectivity index is 1.36. The number of amides is 1. The molecule has 0 spiro atoms. The van der Waals surface area contributed by atoms with E-state index in [0.717, 1.165) is 27.9 Å². The summed E-state index contributed by atoms with van der Waals surface area (Å²) in [4.78, 5) is 12.3. The summed E-state index contributed by atoms with van der Waals surface area (Å²) in [5.41, 5.74) is 6.58. The van der Waals surface area contributed by atoms with Crippen molar-refractivity contribution >= 4 is 6.09 Å². The Morgan fingerprint density at radius 2 is 1.68 bits per heavy atom. The summed E-state index contributed by atoms with van der Waals surface area (Å²) >= 11 is 0. The second-order valence-corrected chi connectivity index (χ2v) is 7.93. The molecule has 2 aromatic carbocycles. The molecule has 1 heterocycles. The number of aliphatic hydroxyl groups excluding tert-OH is 2. The van der Waals surface area contributed by atoms with Gasteiger partial charge in [0, 0.05) is 30.8 Å². The SMILES string of the molecule is Cc1nn(C)c(C)c1C(O)C(O)CNC(=O)OCC1c2ccccc2-c2ccccc21. The minimum absolute atomic E-state index is 0.0330. The molecular weight excluding hydrogens is 394 g/mol. The molecule has 0 saturated carbocycles. The summed E-state index contributed by atoms with van der Waals surface area (Å²) in [5.74, 6) is -0.0330. The van der Waals surface area contributed by atoms with E-state index in [0.29, 0.717) is 11.3 Å². The monoisotopic (exact) mass is 421 g/mol. The molecule has 3 aromatic rings. The Morgan fingerprint density at radius 1 is 1.10 bits per heavy atom. The van der Waals surface area contributed by atoms with E-state index in [1.54, 1.807) is 18.7 Å². The molecular formula is C24H27N3O4. The van der Waals surface area contributed by atoms with Gasteiger partial charge in [0.2, 0.25) is 0 Å². The van der Waals surface area contributed by atoms with Gasteiger partial charge in [-0.25, -0.2) is 4.79 Å². The van der Waals surface area contributed by atoms with Crippen LogP contribution in [0.5, 0.6) is 0 Å². The summed E-state index contributed by atoms with van der Waals surface area (Å²) in [5, 5.41) is 27.7. The number of alkyl carbamates (subject to hydrolysis) is 1. The minimum atomic E-state index is -1.18. The van der Waals surface area contributed by atoms with E-state index in [2.05, 4.69) is 34.7 Å². The van der Waals surface area contributed by atoms with Crippen LogP contribution in [0.25, 0.3) is 11.1 Å². The van der Waals surface area contributed by atoms with Gasteiger partial charge in [0.25, 0.3) is 0 Å². The summed E-state index contributed by atoms with van der Waals surface area (Å²) in [6, 6.07) is 16.2. The highest BCUT2D eigenvalue weighted by Gasteiger charge is 2.29. The summed E-state index contributed by atoms with van der Waals surface area (Å²) in [6.07, 6.45) is -2.96. The van der Waals surface area contributed by atoms with Crippen molar-refractivity contribution in [3.8, 4) is 11.1 Å². The molecule has 162 valence electrons. The van der Waals surface area contributed by atoms with Gasteiger partial charge in [0.1, 0.15) is 18.8 Å². The van der Waals surface area contributed by atoms with E-state index in [9.17, 15) is 15.0 Å². The first kappa shape index (κ1) is 21.1. The normalized spacial score (nSPS) is 14.6. The lowest BCUT2D eigenvalue weighted by Gasteiger charge is -2.19. The van der Waals surface area contributed by atoms with Crippen LogP contribution in [-0.4, -0.2) is 45.3 Å². The number of aryl methyl sites for hydroxylation is 2. The highest BCUT2D eigenvalue weighted by Crippen LogP contribution is 2.44. The van der Waals surface area contributed by atoms with Crippen LogP contribution in [0.4, 0.5) is 4.79 Å². The number of rotatable bonds is 6. The topological polar surface area (TPSA) is 96.6 Å². The summed E-state index contributed by atoms with van der Waals surface area (Å²) < 4.78 is 7.12. The number of ether oxygens (including phenoxy) is 1. The van der Waals surface area contributed by atoms with E-state index < -0.39 is 18.3 Å². The number of nitrogens with one attached hydrogen (secondary N) is 1. The van der Waals surface area contributed by atoms with Crippen LogP contribution >= 0.6 is 0 Å². The number of fused-ring (bicyclic) bond motifs is 3. The Morgan fingerprint density at radius 3 is 2.23 bits per heavy atom. The van der Waals surface area contributed by atoms with Gasteiger partial charge in [-0.2, -0.15) is 5.10 Å². The first-order valence-corrected chi connectivity index (χ1v) is 10.3. The van der Waals surface area contributed by atoms with Crippen LogP contribution in [0.2, 0.25) is 0 Å². The number of hydrogen-bond donors (Lipinski definition) is 3. The molecule has 1 aliphatic rings. The van der Waals surface area contributed by atoms with Gasteiger partial charge in [-0.15, -0.1) is 0 Å². The fourth-order valence-electron chi connectivity index (χ4n) is 4.36. The molecule has 31 heavy (non-hydrogen) atoms. The van der Waals surface area contributed by atoms with Crippen LogP contribution < -0.4 is 5.32 Å². The van der Waals surface area contributed by atoms with Gasteiger partial charge in [-0.1, -0.05) is 48.5 Å². The Labute approximate surface area is 181 Å². The van der Waals surface area contributed by atoms with Crippen LogP contribution in [0.3, 0.4) is 0 Å². The van der Waals surface area contributed by atoms with Crippen molar-refractivity contribution < 1.29 is 19.7 Å². The maximum Gasteiger partial charge on any atom is 0.407 e. The van der Waals surface area contributed by atoms with Gasteiger partial charge < -0.3 is 20.3 Å². The number of aromatic nitrogens is 2. The molecule has 0 bridgehead atoms. The van der Waals surface area contributed by atoms with E-state index in [4.69, 9.17) is 4.74 Å². The van der Waals surface area contributed by atoms with Gasteiger partial charge in [0.05, 0.1) is 5.69 Å². The van der Waals surface area contributed by atoms with Gasteiger partial charge in [0.15, 0.2) is 0 Å². The Bertz CT molecular complexity index is 1060. The van der Waals surface area contributed by atoms with Crippen LogP contribution in [-0.2, 0) is 11.8 Å². The average Bonchev–Trinajstić information content (AvgIpc) is 3.22. The van der Waals surface area contributed by atoms with Crippen molar-refractivity contribution in [2.45, 2.75) is 32.0 Å². The first-order valence-electron chi connectivity index (χ1n) is 10.3. The average molecular weight is 421 g/mol. The maximum absolute atomic E-state index is 12.3. The third-order valence-corrected chi connectivity index (χ3v) is 6.02. The largest absolute Gasteiger partial charge is 0.449 e. The highest BCUT2D eigenvalue weighted by atomic mass is 16.5. The fourth-order valence-corrected chi connectivity index (χ4v) is 4.36. The third-order valence-electron chi connectivity index (χ3n) is 6.02. The van der Waals surface area contributed by atoms with Crippen molar-refractivity contribution in [3.63, 3.8) is 0 Å². The van der Waals surface area contributed by atoms with E-state index in [1.165, 1.54) is 0 Å². The Hall–Kier alpha value is -3.16. The van der Waals surface area contributed by atoms with Crippen LogP contribution in [0, 0.1) is 13.8 Å². The molecule has 0 saturated heterocycles. The predicted molar refractivity (Wildman–Crippen MR) is 117 cm³/mol. The molecule has 0 aliphatic heterocycles. The minimum Gasteiger partial charge on any atom is -0.449 e. The lowest BCUT2D eigenvalue weighted by Crippen LogP contribution is -2.36. The van der Waals surface area contributed by atoms with Gasteiger partial charge in [-0.05, 0) is 36.1 Å². The standard InChI is InChI=1S/C24H27N3O4/c1-14-22(15(2)27(3)26-14)23(29)21(28)12-25-24(30)31-13-20-18-10-6-4-8-16(18)17-9-5-7-11-19(17)20/h4-11,20-21,23,28-29H,12-13H2,1-3H3,(H,25,30). The molecule has 1 amide bonds. The molecule has 2 atom stereocenters. The zero-order chi connectivity index (χ0) is 22.1. The van der Waals surface area contributed by atoms with Crippen molar-refractivity contribution in [2.24, 2.45) is 7.05 Å². The van der Waals surface area contributed by atoms with Crippen LogP contribution in [0.1, 0.15) is 40.1 Å².